The molecule has 0 aliphatic heterocycles. The van der Waals surface area contributed by atoms with Gasteiger partial charge in [-0.1, -0.05) is 43.5 Å². The molecule has 1 aliphatic rings. The van der Waals surface area contributed by atoms with Gasteiger partial charge < -0.3 is 5.32 Å². The molecule has 4 heteroatoms. The molecule has 1 aromatic heterocycles. The number of aromatic amines is 1. The minimum absolute atomic E-state index is 0.115. The Balaban J connectivity index is 1.86. The van der Waals surface area contributed by atoms with Crippen molar-refractivity contribution < 1.29 is 4.79 Å². The van der Waals surface area contributed by atoms with Gasteiger partial charge in [0, 0.05) is 12.0 Å². The van der Waals surface area contributed by atoms with E-state index in [4.69, 9.17) is 0 Å². The number of rotatable bonds is 5. The van der Waals surface area contributed by atoms with Gasteiger partial charge in [-0.15, -0.1) is 0 Å². The molecule has 24 heavy (non-hydrogen) atoms. The summed E-state index contributed by atoms with van der Waals surface area (Å²) in [5.41, 5.74) is 6.18. The van der Waals surface area contributed by atoms with E-state index in [9.17, 15) is 4.79 Å². The highest BCUT2D eigenvalue weighted by Crippen LogP contribution is 2.33. The van der Waals surface area contributed by atoms with E-state index in [1.54, 1.807) is 0 Å². The third-order valence-electron chi connectivity index (χ3n) is 5.05. The minimum atomic E-state index is 0.115. The molecule has 2 N–H and O–H groups in total. The van der Waals surface area contributed by atoms with Crippen molar-refractivity contribution in [3.63, 3.8) is 0 Å². The fourth-order valence-corrected chi connectivity index (χ4v) is 3.71. The molecule has 0 spiro atoms. The van der Waals surface area contributed by atoms with Gasteiger partial charge in [0.05, 0.1) is 11.4 Å². The van der Waals surface area contributed by atoms with Crippen LogP contribution >= 0.6 is 0 Å². The molecule has 0 atom stereocenters. The van der Waals surface area contributed by atoms with Gasteiger partial charge in [0.1, 0.15) is 5.69 Å². The van der Waals surface area contributed by atoms with Crippen LogP contribution in [0.5, 0.6) is 0 Å². The van der Waals surface area contributed by atoms with Gasteiger partial charge in [-0.3, -0.25) is 9.89 Å². The first-order valence-electron chi connectivity index (χ1n) is 9.03. The fourth-order valence-electron chi connectivity index (χ4n) is 3.71. The van der Waals surface area contributed by atoms with Crippen LogP contribution in [0.1, 0.15) is 55.8 Å². The Hall–Kier alpha value is -2.10. The summed E-state index contributed by atoms with van der Waals surface area (Å²) >= 11 is 0. The van der Waals surface area contributed by atoms with Crippen molar-refractivity contribution in [1.82, 2.24) is 10.2 Å². The zero-order valence-corrected chi connectivity index (χ0v) is 14.9. The molecule has 2 aromatic rings. The average Bonchev–Trinajstić information content (AvgIpc) is 3.17. The molecular formula is C20H27N3O. The van der Waals surface area contributed by atoms with Gasteiger partial charge in [0.25, 0.3) is 0 Å². The topological polar surface area (TPSA) is 57.8 Å². The number of amides is 1. The SMILES string of the molecule is CCc1[nH]nc(-c2ccc(C)cc2C)c1NC(=O)CC1CCCC1. The largest absolute Gasteiger partial charge is 0.323 e. The maximum atomic E-state index is 12.5. The van der Waals surface area contributed by atoms with Crippen molar-refractivity contribution in [2.45, 2.75) is 59.3 Å². The fraction of sp³-hybridized carbons (Fsp3) is 0.500. The van der Waals surface area contributed by atoms with Gasteiger partial charge in [-0.2, -0.15) is 5.10 Å². The normalized spacial score (nSPS) is 15.0. The molecule has 0 saturated heterocycles. The summed E-state index contributed by atoms with van der Waals surface area (Å²) in [7, 11) is 0. The predicted octanol–water partition coefficient (Wildman–Crippen LogP) is 4.77. The first-order chi connectivity index (χ1) is 11.6. The molecule has 4 nitrogen and oxygen atoms in total. The number of aryl methyl sites for hydroxylation is 3. The van der Waals surface area contributed by atoms with Crippen molar-refractivity contribution in [3.05, 3.63) is 35.0 Å². The van der Waals surface area contributed by atoms with Crippen LogP contribution in [-0.4, -0.2) is 16.1 Å². The summed E-state index contributed by atoms with van der Waals surface area (Å²) in [5, 5.41) is 10.7. The molecule has 0 unspecified atom stereocenters. The number of benzene rings is 1. The van der Waals surface area contributed by atoms with E-state index < -0.39 is 0 Å². The molecule has 1 saturated carbocycles. The van der Waals surface area contributed by atoms with Gasteiger partial charge >= 0.3 is 0 Å². The summed E-state index contributed by atoms with van der Waals surface area (Å²) in [6.07, 6.45) is 6.33. The number of nitrogens with one attached hydrogen (secondary N) is 2. The van der Waals surface area contributed by atoms with Crippen molar-refractivity contribution in [3.8, 4) is 11.3 Å². The Kier molecular flexibility index (Phi) is 5.03. The highest BCUT2D eigenvalue weighted by molar-refractivity contribution is 5.96. The lowest BCUT2D eigenvalue weighted by molar-refractivity contribution is -0.117. The van der Waals surface area contributed by atoms with Crippen LogP contribution in [0.15, 0.2) is 18.2 Å². The van der Waals surface area contributed by atoms with E-state index in [0.29, 0.717) is 12.3 Å². The van der Waals surface area contributed by atoms with Crippen LogP contribution in [0.3, 0.4) is 0 Å². The van der Waals surface area contributed by atoms with Crippen LogP contribution in [0, 0.1) is 19.8 Å². The molecule has 1 heterocycles. The van der Waals surface area contributed by atoms with E-state index in [-0.39, 0.29) is 5.91 Å². The summed E-state index contributed by atoms with van der Waals surface area (Å²) in [6.45, 7) is 6.25. The van der Waals surface area contributed by atoms with Crippen LogP contribution in [0.4, 0.5) is 5.69 Å². The Labute approximate surface area is 144 Å². The van der Waals surface area contributed by atoms with Crippen molar-refractivity contribution in [2.75, 3.05) is 5.32 Å². The monoisotopic (exact) mass is 325 g/mol. The third kappa shape index (κ3) is 3.53. The van der Waals surface area contributed by atoms with E-state index in [1.807, 2.05) is 0 Å². The van der Waals surface area contributed by atoms with E-state index >= 15 is 0 Å². The molecule has 128 valence electrons. The second-order valence-electron chi connectivity index (χ2n) is 7.00. The van der Waals surface area contributed by atoms with E-state index in [0.717, 1.165) is 29.1 Å². The first-order valence-corrected chi connectivity index (χ1v) is 9.03. The quantitative estimate of drug-likeness (QED) is 0.831. The lowest BCUT2D eigenvalue weighted by atomic mass is 10.0. The molecule has 1 fully saturated rings. The Morgan fingerprint density at radius 2 is 2.04 bits per heavy atom. The Morgan fingerprint density at radius 3 is 2.71 bits per heavy atom. The van der Waals surface area contributed by atoms with Crippen LogP contribution < -0.4 is 5.32 Å². The Morgan fingerprint density at radius 1 is 1.29 bits per heavy atom. The summed E-state index contributed by atoms with van der Waals surface area (Å²) in [6, 6.07) is 6.33. The van der Waals surface area contributed by atoms with Gasteiger partial charge in [-0.05, 0) is 44.6 Å². The zero-order valence-electron chi connectivity index (χ0n) is 14.9. The number of carbonyl (C=O) groups excluding carboxylic acids is 1. The predicted molar refractivity (Wildman–Crippen MR) is 98.1 cm³/mol. The van der Waals surface area contributed by atoms with Gasteiger partial charge in [0.2, 0.25) is 5.91 Å². The highest BCUT2D eigenvalue weighted by atomic mass is 16.1. The molecule has 1 aliphatic carbocycles. The van der Waals surface area contributed by atoms with E-state index in [1.165, 1.54) is 36.8 Å². The lowest BCUT2D eigenvalue weighted by Crippen LogP contribution is -2.16. The highest BCUT2D eigenvalue weighted by Gasteiger charge is 2.21. The molecule has 0 bridgehead atoms. The molecule has 1 amide bonds. The standard InChI is InChI=1S/C20H27N3O/c1-4-17-20(21-18(24)12-15-7-5-6-8-15)19(23-22-17)16-10-9-13(2)11-14(16)3/h9-11,15H,4-8,12H2,1-3H3,(H,21,24)(H,22,23). The van der Waals surface area contributed by atoms with Crippen molar-refractivity contribution in [1.29, 1.82) is 0 Å². The van der Waals surface area contributed by atoms with Crippen LogP contribution in [0.25, 0.3) is 11.3 Å². The van der Waals surface area contributed by atoms with Gasteiger partial charge in [-0.25, -0.2) is 0 Å². The number of H-pyrrole nitrogens is 1. The number of hydrogen-bond donors (Lipinski definition) is 2. The maximum absolute atomic E-state index is 12.5. The maximum Gasteiger partial charge on any atom is 0.224 e. The molecule has 1 aromatic carbocycles. The third-order valence-corrected chi connectivity index (χ3v) is 5.05. The van der Waals surface area contributed by atoms with Gasteiger partial charge in [0.15, 0.2) is 0 Å². The summed E-state index contributed by atoms with van der Waals surface area (Å²) in [4.78, 5) is 12.5. The number of aromatic nitrogens is 2. The van der Waals surface area contributed by atoms with Crippen molar-refractivity contribution >= 4 is 11.6 Å². The van der Waals surface area contributed by atoms with Crippen LogP contribution in [-0.2, 0) is 11.2 Å². The first kappa shape index (κ1) is 16.7. The number of nitrogens with zero attached hydrogens (tertiary/aromatic N) is 1. The zero-order chi connectivity index (χ0) is 17.1. The van der Waals surface area contributed by atoms with E-state index in [2.05, 4.69) is 54.5 Å². The smallest absolute Gasteiger partial charge is 0.224 e. The molecule has 0 radical (unpaired) electrons. The second kappa shape index (κ2) is 7.20. The average molecular weight is 325 g/mol. The van der Waals surface area contributed by atoms with Crippen LogP contribution in [0.2, 0.25) is 0 Å². The second-order valence-corrected chi connectivity index (χ2v) is 7.00. The Bertz CT molecular complexity index is 726. The number of hydrogen-bond acceptors (Lipinski definition) is 2. The molecule has 3 rings (SSSR count). The summed E-state index contributed by atoms with van der Waals surface area (Å²) in [5.74, 6) is 0.663. The number of carbonyl (C=O) groups is 1. The molecular weight excluding hydrogens is 298 g/mol. The number of anilines is 1. The lowest BCUT2D eigenvalue weighted by Gasteiger charge is -2.12. The minimum Gasteiger partial charge on any atom is -0.323 e. The van der Waals surface area contributed by atoms with Crippen molar-refractivity contribution in [2.24, 2.45) is 5.92 Å². The summed E-state index contributed by atoms with van der Waals surface area (Å²) < 4.78 is 0.